The van der Waals surface area contributed by atoms with Crippen molar-refractivity contribution >= 4 is 17.5 Å². The Morgan fingerprint density at radius 1 is 1.07 bits per heavy atom. The second-order valence-corrected chi connectivity index (χ2v) is 7.80. The van der Waals surface area contributed by atoms with Gasteiger partial charge in [0.25, 0.3) is 0 Å². The summed E-state index contributed by atoms with van der Waals surface area (Å²) in [5, 5.41) is 2.98. The highest BCUT2D eigenvalue weighted by Gasteiger charge is 2.28. The van der Waals surface area contributed by atoms with Gasteiger partial charge in [0.15, 0.2) is 0 Å². The fourth-order valence-electron chi connectivity index (χ4n) is 3.80. The first kappa shape index (κ1) is 21.1. The number of anilines is 1. The van der Waals surface area contributed by atoms with Crippen LogP contribution >= 0.6 is 0 Å². The number of nitrogens with zero attached hydrogens (tertiary/aromatic N) is 2. The Morgan fingerprint density at radius 3 is 2.45 bits per heavy atom. The summed E-state index contributed by atoms with van der Waals surface area (Å²) in [7, 11) is 0. The number of likely N-dealkylation sites (N-methyl/N-ethyl adjacent to an activating group) is 1. The smallest absolute Gasteiger partial charge is 0.236 e. The molecule has 0 radical (unpaired) electrons. The molecular formula is C24H31N3O2. The molecule has 2 aromatic carbocycles. The van der Waals surface area contributed by atoms with Gasteiger partial charge in [0, 0.05) is 31.2 Å². The summed E-state index contributed by atoms with van der Waals surface area (Å²) in [5.41, 5.74) is 3.29. The SMILES string of the molecule is CCN(CC(=O)N1CCC(C(=O)Nc2ccccc2)CC1)Cc1cccc(C)c1. The molecule has 1 heterocycles. The van der Waals surface area contributed by atoms with E-state index in [4.69, 9.17) is 0 Å². The molecule has 0 saturated carbocycles. The van der Waals surface area contributed by atoms with Crippen molar-refractivity contribution in [1.29, 1.82) is 0 Å². The first-order chi connectivity index (χ1) is 14.0. The van der Waals surface area contributed by atoms with Crippen LogP contribution in [0.3, 0.4) is 0 Å². The number of para-hydroxylation sites is 1. The van der Waals surface area contributed by atoms with Crippen LogP contribution in [0.5, 0.6) is 0 Å². The minimum absolute atomic E-state index is 0.0335. The van der Waals surface area contributed by atoms with Gasteiger partial charge in [-0.3, -0.25) is 14.5 Å². The molecule has 0 aromatic heterocycles. The summed E-state index contributed by atoms with van der Waals surface area (Å²) < 4.78 is 0. The lowest BCUT2D eigenvalue weighted by molar-refractivity contribution is -0.135. The van der Waals surface area contributed by atoms with Crippen LogP contribution in [-0.2, 0) is 16.1 Å². The van der Waals surface area contributed by atoms with Gasteiger partial charge in [0.1, 0.15) is 0 Å². The van der Waals surface area contributed by atoms with Crippen LogP contribution in [0.2, 0.25) is 0 Å². The summed E-state index contributed by atoms with van der Waals surface area (Å²) in [6.07, 6.45) is 1.43. The molecule has 1 aliphatic heterocycles. The van der Waals surface area contributed by atoms with E-state index in [0.717, 1.165) is 18.8 Å². The topological polar surface area (TPSA) is 52.7 Å². The third kappa shape index (κ3) is 6.16. The first-order valence-electron chi connectivity index (χ1n) is 10.5. The van der Waals surface area contributed by atoms with Crippen molar-refractivity contribution in [2.75, 3.05) is 31.5 Å². The fourth-order valence-corrected chi connectivity index (χ4v) is 3.80. The van der Waals surface area contributed by atoms with Crippen LogP contribution in [0.4, 0.5) is 5.69 Å². The Kier molecular flexibility index (Phi) is 7.42. The van der Waals surface area contributed by atoms with Crippen molar-refractivity contribution in [1.82, 2.24) is 9.80 Å². The Morgan fingerprint density at radius 2 is 1.79 bits per heavy atom. The molecule has 29 heavy (non-hydrogen) atoms. The summed E-state index contributed by atoms with van der Waals surface area (Å²) in [4.78, 5) is 29.3. The van der Waals surface area contributed by atoms with Gasteiger partial charge < -0.3 is 10.2 Å². The Balaban J connectivity index is 1.47. The number of rotatable bonds is 7. The molecule has 1 aliphatic rings. The average Bonchev–Trinajstić information content (AvgIpc) is 2.74. The van der Waals surface area contributed by atoms with Crippen LogP contribution in [0.15, 0.2) is 54.6 Å². The maximum atomic E-state index is 12.8. The maximum absolute atomic E-state index is 12.8. The lowest BCUT2D eigenvalue weighted by Crippen LogP contribution is -2.45. The van der Waals surface area contributed by atoms with E-state index in [0.29, 0.717) is 32.5 Å². The number of carbonyl (C=O) groups is 2. The third-order valence-electron chi connectivity index (χ3n) is 5.55. The molecule has 0 spiro atoms. The van der Waals surface area contributed by atoms with E-state index in [1.54, 1.807) is 0 Å². The lowest BCUT2D eigenvalue weighted by atomic mass is 9.95. The molecule has 2 amide bonds. The van der Waals surface area contributed by atoms with Gasteiger partial charge in [0.2, 0.25) is 11.8 Å². The molecule has 0 aliphatic carbocycles. The number of piperidine rings is 1. The Labute approximate surface area is 173 Å². The molecule has 2 aromatic rings. The molecule has 0 bridgehead atoms. The van der Waals surface area contributed by atoms with Gasteiger partial charge >= 0.3 is 0 Å². The molecule has 0 atom stereocenters. The van der Waals surface area contributed by atoms with Gasteiger partial charge in [-0.15, -0.1) is 0 Å². The minimum atomic E-state index is -0.0335. The van der Waals surface area contributed by atoms with E-state index < -0.39 is 0 Å². The standard InChI is InChI=1S/C24H31N3O2/c1-3-26(17-20-9-7-8-19(2)16-20)18-23(28)27-14-12-21(13-15-27)24(29)25-22-10-5-4-6-11-22/h4-11,16,21H,3,12-15,17-18H2,1-2H3,(H,25,29). The average molecular weight is 394 g/mol. The number of amides is 2. The number of hydrogen-bond donors (Lipinski definition) is 1. The van der Waals surface area contributed by atoms with Crippen molar-refractivity contribution in [2.24, 2.45) is 5.92 Å². The quantitative estimate of drug-likeness (QED) is 0.780. The highest BCUT2D eigenvalue weighted by atomic mass is 16.2. The zero-order valence-corrected chi connectivity index (χ0v) is 17.4. The van der Waals surface area contributed by atoms with Gasteiger partial charge in [-0.2, -0.15) is 0 Å². The molecule has 0 unspecified atom stereocenters. The number of benzene rings is 2. The van der Waals surface area contributed by atoms with E-state index >= 15 is 0 Å². The van der Waals surface area contributed by atoms with Crippen molar-refractivity contribution in [3.8, 4) is 0 Å². The molecule has 154 valence electrons. The van der Waals surface area contributed by atoms with Crippen LogP contribution in [0.1, 0.15) is 30.9 Å². The van der Waals surface area contributed by atoms with Crippen LogP contribution < -0.4 is 5.32 Å². The fraction of sp³-hybridized carbons (Fsp3) is 0.417. The number of nitrogens with one attached hydrogen (secondary N) is 1. The first-order valence-corrected chi connectivity index (χ1v) is 10.5. The second-order valence-electron chi connectivity index (χ2n) is 7.80. The van der Waals surface area contributed by atoms with Crippen LogP contribution in [0, 0.1) is 12.8 Å². The predicted molar refractivity (Wildman–Crippen MR) is 117 cm³/mol. The second kappa shape index (κ2) is 10.2. The van der Waals surface area contributed by atoms with Gasteiger partial charge in [-0.1, -0.05) is 55.0 Å². The Hall–Kier alpha value is -2.66. The normalized spacial score (nSPS) is 14.8. The molecule has 1 N–H and O–H groups in total. The van der Waals surface area contributed by atoms with E-state index in [1.807, 2.05) is 35.2 Å². The lowest BCUT2D eigenvalue weighted by Gasteiger charge is -2.33. The van der Waals surface area contributed by atoms with Gasteiger partial charge in [-0.05, 0) is 44.0 Å². The maximum Gasteiger partial charge on any atom is 0.236 e. The van der Waals surface area contributed by atoms with E-state index in [1.165, 1.54) is 11.1 Å². The van der Waals surface area contributed by atoms with Gasteiger partial charge in [-0.25, -0.2) is 0 Å². The molecule has 1 saturated heterocycles. The number of likely N-dealkylation sites (tertiary alicyclic amines) is 1. The van der Waals surface area contributed by atoms with Crippen molar-refractivity contribution in [3.05, 3.63) is 65.7 Å². The predicted octanol–water partition coefficient (Wildman–Crippen LogP) is 3.69. The zero-order chi connectivity index (χ0) is 20.6. The van der Waals surface area contributed by atoms with Crippen LogP contribution in [0.25, 0.3) is 0 Å². The van der Waals surface area contributed by atoms with Crippen molar-refractivity contribution in [3.63, 3.8) is 0 Å². The molecule has 5 nitrogen and oxygen atoms in total. The molecule has 5 heteroatoms. The van der Waals surface area contributed by atoms with Crippen molar-refractivity contribution in [2.45, 2.75) is 33.2 Å². The monoisotopic (exact) mass is 393 g/mol. The summed E-state index contributed by atoms with van der Waals surface area (Å²) in [5.74, 6) is 0.174. The summed E-state index contributed by atoms with van der Waals surface area (Å²) >= 11 is 0. The number of aryl methyl sites for hydroxylation is 1. The highest BCUT2D eigenvalue weighted by Crippen LogP contribution is 2.20. The van der Waals surface area contributed by atoms with Crippen LogP contribution in [-0.4, -0.2) is 47.8 Å². The summed E-state index contributed by atoms with van der Waals surface area (Å²) in [6.45, 7) is 7.49. The minimum Gasteiger partial charge on any atom is -0.342 e. The highest BCUT2D eigenvalue weighted by molar-refractivity contribution is 5.92. The molecule has 1 fully saturated rings. The van der Waals surface area contributed by atoms with E-state index in [9.17, 15) is 9.59 Å². The number of carbonyl (C=O) groups excluding carboxylic acids is 2. The van der Waals surface area contributed by atoms with Crippen molar-refractivity contribution < 1.29 is 9.59 Å². The van der Waals surface area contributed by atoms with Gasteiger partial charge in [0.05, 0.1) is 6.54 Å². The summed E-state index contributed by atoms with van der Waals surface area (Å²) in [6, 6.07) is 18.0. The zero-order valence-electron chi connectivity index (χ0n) is 17.4. The molecular weight excluding hydrogens is 362 g/mol. The third-order valence-corrected chi connectivity index (χ3v) is 5.55. The van der Waals surface area contributed by atoms with E-state index in [2.05, 4.69) is 48.3 Å². The molecule has 3 rings (SSSR count). The largest absolute Gasteiger partial charge is 0.342 e. The number of hydrogen-bond acceptors (Lipinski definition) is 3. The van der Waals surface area contributed by atoms with E-state index in [-0.39, 0.29) is 17.7 Å². The Bertz CT molecular complexity index is 814.